The fraction of sp³-hybridized carbons (Fsp3) is 0.636. The number of carbonyl (C=O) groups is 2. The van der Waals surface area contributed by atoms with E-state index >= 15 is 0 Å². The summed E-state index contributed by atoms with van der Waals surface area (Å²) in [4.78, 5) is 35.4. The number of nitro benzene ring substituents is 1. The average Bonchev–Trinajstić information content (AvgIpc) is 2.68. The normalized spacial score (nSPS) is 15.9. The number of nitrogens with zero attached hydrogens (tertiary/aromatic N) is 1. The molecule has 29 heavy (non-hydrogen) atoms. The van der Waals surface area contributed by atoms with Gasteiger partial charge in [0.2, 0.25) is 0 Å². The van der Waals surface area contributed by atoms with E-state index in [0.717, 1.165) is 43.4 Å². The molecule has 1 unspecified atom stereocenters. The highest BCUT2D eigenvalue weighted by atomic mass is 32.2. The van der Waals surface area contributed by atoms with Crippen molar-refractivity contribution >= 4 is 29.2 Å². The van der Waals surface area contributed by atoms with E-state index in [9.17, 15) is 19.7 Å². The van der Waals surface area contributed by atoms with Crippen LogP contribution in [0.3, 0.4) is 0 Å². The van der Waals surface area contributed by atoms with Crippen molar-refractivity contribution in [2.24, 2.45) is 11.3 Å². The largest absolute Gasteiger partial charge is 0.469 e. The van der Waals surface area contributed by atoms with Crippen molar-refractivity contribution in [3.05, 3.63) is 39.9 Å². The molecule has 160 valence electrons. The Balaban J connectivity index is 1.89. The van der Waals surface area contributed by atoms with Gasteiger partial charge in [0.25, 0.3) is 5.69 Å². The third-order valence-corrected chi connectivity index (χ3v) is 6.72. The number of benzene rings is 1. The fourth-order valence-corrected chi connectivity index (χ4v) is 4.54. The van der Waals surface area contributed by atoms with Gasteiger partial charge in [-0.15, -0.1) is 0 Å². The predicted octanol–water partition coefficient (Wildman–Crippen LogP) is 4.98. The van der Waals surface area contributed by atoms with Gasteiger partial charge in [-0.25, -0.2) is 0 Å². The number of Topliss-reactive ketones (excluding diaryl/α,β-unsaturated/α-hetero) is 1. The van der Waals surface area contributed by atoms with Gasteiger partial charge in [0.1, 0.15) is 5.78 Å². The number of thioether (sulfide) groups is 1. The highest BCUT2D eigenvalue weighted by Crippen LogP contribution is 2.46. The van der Waals surface area contributed by atoms with E-state index in [-0.39, 0.29) is 23.0 Å². The molecule has 1 aromatic rings. The molecule has 1 aromatic carbocycles. The third-order valence-electron chi connectivity index (χ3n) is 6.03. The van der Waals surface area contributed by atoms with Crippen LogP contribution in [0.5, 0.6) is 0 Å². The summed E-state index contributed by atoms with van der Waals surface area (Å²) in [5.74, 6) is 0.801. The standard InChI is InChI=1S/C22H31NO5S/c1-28-21(25)18(16-17-8-10-19(11-9-17)23(26)27)6-3-7-20(24)22(12-4-13-22)14-5-15-29-2/h8-11,18H,3-7,12-16H2,1-2H3. The maximum absolute atomic E-state index is 12.8. The van der Waals surface area contributed by atoms with Gasteiger partial charge in [0.15, 0.2) is 0 Å². The van der Waals surface area contributed by atoms with Crippen LogP contribution in [0.2, 0.25) is 0 Å². The van der Waals surface area contributed by atoms with Gasteiger partial charge in [-0.2, -0.15) is 11.8 Å². The number of carbonyl (C=O) groups excluding carboxylic acids is 2. The maximum atomic E-state index is 12.8. The molecule has 0 N–H and O–H groups in total. The van der Waals surface area contributed by atoms with Crippen molar-refractivity contribution < 1.29 is 19.2 Å². The summed E-state index contributed by atoms with van der Waals surface area (Å²) in [6.45, 7) is 0. The lowest BCUT2D eigenvalue weighted by Crippen LogP contribution is -2.38. The number of ketones is 1. The summed E-state index contributed by atoms with van der Waals surface area (Å²) in [6, 6.07) is 6.24. The highest BCUT2D eigenvalue weighted by molar-refractivity contribution is 7.98. The molecule has 0 aliphatic heterocycles. The minimum Gasteiger partial charge on any atom is -0.469 e. The maximum Gasteiger partial charge on any atom is 0.308 e. The molecule has 6 nitrogen and oxygen atoms in total. The van der Waals surface area contributed by atoms with Crippen LogP contribution in [0.15, 0.2) is 24.3 Å². The molecule has 0 radical (unpaired) electrons. The van der Waals surface area contributed by atoms with Crippen molar-refractivity contribution in [1.29, 1.82) is 0 Å². The predicted molar refractivity (Wildman–Crippen MR) is 115 cm³/mol. The third kappa shape index (κ3) is 6.56. The molecule has 1 aliphatic carbocycles. The number of hydrogen-bond acceptors (Lipinski definition) is 6. The Hall–Kier alpha value is -1.89. The number of esters is 1. The van der Waals surface area contributed by atoms with Crippen LogP contribution >= 0.6 is 11.8 Å². The Kier molecular flexibility index (Phi) is 9.14. The Morgan fingerprint density at radius 1 is 1.24 bits per heavy atom. The molecule has 0 heterocycles. The molecule has 1 saturated carbocycles. The van der Waals surface area contributed by atoms with Crippen molar-refractivity contribution in [3.63, 3.8) is 0 Å². The van der Waals surface area contributed by atoms with Crippen LogP contribution in [0.1, 0.15) is 56.9 Å². The molecule has 1 atom stereocenters. The molecular formula is C22H31NO5S. The molecule has 0 bridgehead atoms. The summed E-state index contributed by atoms with van der Waals surface area (Å²) < 4.78 is 4.93. The highest BCUT2D eigenvalue weighted by Gasteiger charge is 2.42. The van der Waals surface area contributed by atoms with Crippen LogP contribution in [0, 0.1) is 21.4 Å². The van der Waals surface area contributed by atoms with Gasteiger partial charge < -0.3 is 4.74 Å². The topological polar surface area (TPSA) is 86.5 Å². The molecule has 1 aliphatic rings. The zero-order valence-corrected chi connectivity index (χ0v) is 18.2. The van der Waals surface area contributed by atoms with Crippen LogP contribution < -0.4 is 0 Å². The Labute approximate surface area is 176 Å². The first-order valence-corrected chi connectivity index (χ1v) is 11.6. The smallest absolute Gasteiger partial charge is 0.308 e. The van der Waals surface area contributed by atoms with Gasteiger partial charge in [-0.1, -0.05) is 18.6 Å². The second kappa shape index (κ2) is 11.3. The van der Waals surface area contributed by atoms with Crippen LogP contribution in [0.25, 0.3) is 0 Å². The molecule has 0 saturated heterocycles. The second-order valence-electron chi connectivity index (χ2n) is 7.89. The minimum absolute atomic E-state index is 0.0289. The SMILES string of the molecule is COC(=O)C(CCCC(=O)C1(CCCSC)CCC1)Cc1ccc([N+](=O)[O-])cc1. The average molecular weight is 422 g/mol. The number of ether oxygens (including phenoxy) is 1. The fourth-order valence-electron chi connectivity index (χ4n) is 4.11. The van der Waals surface area contributed by atoms with E-state index < -0.39 is 4.92 Å². The van der Waals surface area contributed by atoms with E-state index in [1.165, 1.54) is 19.2 Å². The van der Waals surface area contributed by atoms with Crippen molar-refractivity contribution in [1.82, 2.24) is 0 Å². The number of nitro groups is 1. The quantitative estimate of drug-likeness (QED) is 0.193. The molecule has 1 fully saturated rings. The van der Waals surface area contributed by atoms with Gasteiger partial charge in [-0.05, 0) is 62.5 Å². The monoisotopic (exact) mass is 421 g/mol. The second-order valence-corrected chi connectivity index (χ2v) is 8.88. The summed E-state index contributed by atoms with van der Waals surface area (Å²) in [6.07, 6.45) is 9.50. The summed E-state index contributed by atoms with van der Waals surface area (Å²) in [5, 5.41) is 10.8. The van der Waals surface area contributed by atoms with E-state index in [2.05, 4.69) is 6.26 Å². The van der Waals surface area contributed by atoms with Crippen molar-refractivity contribution in [2.45, 2.75) is 57.8 Å². The lowest BCUT2D eigenvalue weighted by Gasteiger charge is -2.41. The van der Waals surface area contributed by atoms with Gasteiger partial charge >= 0.3 is 5.97 Å². The minimum atomic E-state index is -0.442. The first kappa shape index (κ1) is 23.4. The van der Waals surface area contributed by atoms with Crippen LogP contribution in [-0.2, 0) is 20.7 Å². The van der Waals surface area contributed by atoms with Gasteiger partial charge in [-0.3, -0.25) is 19.7 Å². The first-order valence-electron chi connectivity index (χ1n) is 10.3. The van der Waals surface area contributed by atoms with E-state index in [0.29, 0.717) is 31.5 Å². The van der Waals surface area contributed by atoms with Crippen molar-refractivity contribution in [2.75, 3.05) is 19.1 Å². The Morgan fingerprint density at radius 3 is 2.45 bits per heavy atom. The van der Waals surface area contributed by atoms with Crippen LogP contribution in [0.4, 0.5) is 5.69 Å². The number of non-ortho nitro benzene ring substituents is 1. The molecule has 2 rings (SSSR count). The Morgan fingerprint density at radius 2 is 1.93 bits per heavy atom. The number of rotatable bonds is 13. The lowest BCUT2D eigenvalue weighted by atomic mass is 9.62. The van der Waals surface area contributed by atoms with E-state index in [4.69, 9.17) is 4.74 Å². The molecule has 0 spiro atoms. The zero-order valence-electron chi connectivity index (χ0n) is 17.4. The number of hydrogen-bond donors (Lipinski definition) is 0. The van der Waals surface area contributed by atoms with Crippen molar-refractivity contribution in [3.8, 4) is 0 Å². The summed E-state index contributed by atoms with van der Waals surface area (Å²) in [5.41, 5.74) is 0.764. The Bertz CT molecular complexity index is 700. The molecule has 0 aromatic heterocycles. The first-order chi connectivity index (χ1) is 13.9. The van der Waals surface area contributed by atoms with E-state index in [1.54, 1.807) is 12.1 Å². The van der Waals surface area contributed by atoms with E-state index in [1.807, 2.05) is 11.8 Å². The number of methoxy groups -OCH3 is 1. The van der Waals surface area contributed by atoms with Gasteiger partial charge in [0, 0.05) is 24.0 Å². The molecule has 0 amide bonds. The summed E-state index contributed by atoms with van der Waals surface area (Å²) in [7, 11) is 1.37. The summed E-state index contributed by atoms with van der Waals surface area (Å²) >= 11 is 1.82. The van der Waals surface area contributed by atoms with Crippen LogP contribution in [-0.4, -0.2) is 35.8 Å². The molecule has 7 heteroatoms. The lowest BCUT2D eigenvalue weighted by molar-refractivity contribution is -0.384. The zero-order chi connectivity index (χ0) is 21.3. The van der Waals surface area contributed by atoms with Gasteiger partial charge in [0.05, 0.1) is 18.0 Å². The molecular weight excluding hydrogens is 390 g/mol.